The minimum atomic E-state index is 0.317. The van der Waals surface area contributed by atoms with Crippen LogP contribution in [0.5, 0.6) is 0 Å². The van der Waals surface area contributed by atoms with Crippen molar-refractivity contribution in [2.45, 2.75) is 44.6 Å². The fourth-order valence-electron chi connectivity index (χ4n) is 2.41. The van der Waals surface area contributed by atoms with Gasteiger partial charge < -0.3 is 5.73 Å². The minimum Gasteiger partial charge on any atom is -0.327 e. The molecule has 1 aliphatic rings. The van der Waals surface area contributed by atoms with Gasteiger partial charge in [-0.3, -0.25) is 0 Å². The fourth-order valence-corrected chi connectivity index (χ4v) is 2.60. The summed E-state index contributed by atoms with van der Waals surface area (Å²) in [7, 11) is 0. The zero-order chi connectivity index (χ0) is 10.8. The van der Waals surface area contributed by atoms with E-state index in [4.69, 9.17) is 17.3 Å². The van der Waals surface area contributed by atoms with Gasteiger partial charge in [0, 0.05) is 11.1 Å². The molecule has 2 heteroatoms. The Morgan fingerprint density at radius 2 is 2.00 bits per heavy atom. The lowest BCUT2D eigenvalue weighted by Crippen LogP contribution is -2.31. The molecule has 0 aliphatic heterocycles. The molecule has 1 aromatic carbocycles. The second-order valence-electron chi connectivity index (χ2n) is 4.56. The normalized spacial score (nSPS) is 26.6. The van der Waals surface area contributed by atoms with Crippen LogP contribution < -0.4 is 5.73 Å². The molecule has 1 aliphatic carbocycles. The molecule has 0 spiro atoms. The van der Waals surface area contributed by atoms with E-state index in [0.29, 0.717) is 12.0 Å². The second-order valence-corrected chi connectivity index (χ2v) is 4.97. The number of nitrogens with two attached hydrogens (primary N) is 1. The van der Waals surface area contributed by atoms with Crippen LogP contribution >= 0.6 is 11.6 Å². The molecule has 2 N–H and O–H groups in total. The molecule has 2 atom stereocenters. The number of halogens is 1. The number of hydrogen-bond donors (Lipinski definition) is 1. The molecule has 0 bridgehead atoms. The van der Waals surface area contributed by atoms with Crippen LogP contribution in [0, 0.1) is 6.92 Å². The summed E-state index contributed by atoms with van der Waals surface area (Å²) in [4.78, 5) is 0. The van der Waals surface area contributed by atoms with E-state index in [1.54, 1.807) is 0 Å². The van der Waals surface area contributed by atoms with Crippen LogP contribution in [-0.4, -0.2) is 6.04 Å². The van der Waals surface area contributed by atoms with Crippen molar-refractivity contribution in [2.24, 2.45) is 5.73 Å². The van der Waals surface area contributed by atoms with Crippen LogP contribution in [0.2, 0.25) is 5.02 Å². The van der Waals surface area contributed by atoms with Crippen LogP contribution in [0.1, 0.15) is 42.7 Å². The summed E-state index contributed by atoms with van der Waals surface area (Å²) in [5.74, 6) is 0.511. The summed E-state index contributed by atoms with van der Waals surface area (Å²) in [6.07, 6.45) is 4.93. The van der Waals surface area contributed by atoms with Gasteiger partial charge in [0.15, 0.2) is 0 Å². The van der Waals surface area contributed by atoms with Crippen molar-refractivity contribution in [3.8, 4) is 0 Å². The molecule has 1 saturated carbocycles. The van der Waals surface area contributed by atoms with E-state index in [-0.39, 0.29) is 0 Å². The van der Waals surface area contributed by atoms with Crippen LogP contribution in [0.3, 0.4) is 0 Å². The first kappa shape index (κ1) is 11.0. The molecule has 1 aromatic rings. The van der Waals surface area contributed by atoms with Gasteiger partial charge in [-0.1, -0.05) is 36.6 Å². The van der Waals surface area contributed by atoms with Gasteiger partial charge in [0.1, 0.15) is 0 Å². The highest BCUT2D eigenvalue weighted by atomic mass is 35.5. The lowest BCUT2D eigenvalue weighted by atomic mass is 9.80. The highest BCUT2D eigenvalue weighted by molar-refractivity contribution is 6.31. The number of hydrogen-bond acceptors (Lipinski definition) is 1. The Labute approximate surface area is 96.6 Å². The lowest BCUT2D eigenvalue weighted by Gasteiger charge is -2.29. The molecule has 2 rings (SSSR count). The smallest absolute Gasteiger partial charge is 0.0438 e. The van der Waals surface area contributed by atoms with Gasteiger partial charge in [-0.2, -0.15) is 0 Å². The van der Waals surface area contributed by atoms with E-state index < -0.39 is 0 Å². The summed E-state index contributed by atoms with van der Waals surface area (Å²) in [5.41, 5.74) is 8.62. The first-order valence-corrected chi connectivity index (χ1v) is 6.08. The quantitative estimate of drug-likeness (QED) is 0.773. The Morgan fingerprint density at radius 3 is 2.67 bits per heavy atom. The predicted molar refractivity (Wildman–Crippen MR) is 65.4 cm³/mol. The van der Waals surface area contributed by atoms with E-state index in [9.17, 15) is 0 Å². The van der Waals surface area contributed by atoms with Crippen LogP contribution in [0.25, 0.3) is 0 Å². The Hall–Kier alpha value is -0.530. The molecule has 0 heterocycles. The van der Waals surface area contributed by atoms with Crippen LogP contribution in [-0.2, 0) is 0 Å². The van der Waals surface area contributed by atoms with Gasteiger partial charge in [-0.25, -0.2) is 0 Å². The number of aryl methyl sites for hydroxylation is 1. The van der Waals surface area contributed by atoms with E-state index in [1.165, 1.54) is 24.8 Å². The maximum absolute atomic E-state index is 6.16. The van der Waals surface area contributed by atoms with E-state index in [0.717, 1.165) is 17.0 Å². The third kappa shape index (κ3) is 2.35. The summed E-state index contributed by atoms with van der Waals surface area (Å²) in [5, 5.41) is 0.866. The van der Waals surface area contributed by atoms with E-state index in [1.807, 2.05) is 6.92 Å². The van der Waals surface area contributed by atoms with Crippen molar-refractivity contribution < 1.29 is 0 Å². The Kier molecular flexibility index (Phi) is 3.32. The molecule has 1 fully saturated rings. The second kappa shape index (κ2) is 4.54. The average molecular weight is 224 g/mol. The van der Waals surface area contributed by atoms with Gasteiger partial charge in [0.2, 0.25) is 0 Å². The van der Waals surface area contributed by atoms with Crippen LogP contribution in [0.4, 0.5) is 0 Å². The highest BCUT2D eigenvalue weighted by Crippen LogP contribution is 2.33. The van der Waals surface area contributed by atoms with Gasteiger partial charge in [-0.05, 0) is 42.9 Å². The third-order valence-corrected chi connectivity index (χ3v) is 3.85. The van der Waals surface area contributed by atoms with Crippen molar-refractivity contribution in [3.63, 3.8) is 0 Å². The monoisotopic (exact) mass is 223 g/mol. The summed E-state index contributed by atoms with van der Waals surface area (Å²) < 4.78 is 0. The molecule has 1 nitrogen and oxygen atoms in total. The molecular weight excluding hydrogens is 206 g/mol. The topological polar surface area (TPSA) is 26.0 Å². The van der Waals surface area contributed by atoms with Crippen molar-refractivity contribution in [1.29, 1.82) is 0 Å². The van der Waals surface area contributed by atoms with Crippen molar-refractivity contribution in [1.82, 2.24) is 0 Å². The first-order chi connectivity index (χ1) is 7.18. The lowest BCUT2D eigenvalue weighted by molar-refractivity contribution is 0.385. The molecule has 0 aromatic heterocycles. The zero-order valence-electron chi connectivity index (χ0n) is 9.17. The predicted octanol–water partition coefficient (Wildman–Crippen LogP) is 3.63. The fraction of sp³-hybridized carbons (Fsp3) is 0.538. The highest BCUT2D eigenvalue weighted by Gasteiger charge is 2.23. The van der Waals surface area contributed by atoms with Crippen molar-refractivity contribution >= 4 is 11.6 Å². The van der Waals surface area contributed by atoms with Gasteiger partial charge in [0.25, 0.3) is 0 Å². The summed E-state index contributed by atoms with van der Waals surface area (Å²) in [6.45, 7) is 2.03. The maximum atomic E-state index is 6.16. The van der Waals surface area contributed by atoms with Gasteiger partial charge in [-0.15, -0.1) is 0 Å². The first-order valence-electron chi connectivity index (χ1n) is 5.70. The minimum absolute atomic E-state index is 0.317. The molecule has 15 heavy (non-hydrogen) atoms. The third-order valence-electron chi connectivity index (χ3n) is 3.44. The largest absolute Gasteiger partial charge is 0.327 e. The molecule has 0 radical (unpaired) electrons. The van der Waals surface area contributed by atoms with Crippen molar-refractivity contribution in [2.75, 3.05) is 0 Å². The standard InChI is InChI=1S/C13H18ClN/c1-9-6-7-10(8-12(9)14)11-4-2-3-5-13(11)15/h6-8,11,13H,2-5,15H2,1H3. The summed E-state index contributed by atoms with van der Waals surface area (Å²) >= 11 is 6.14. The van der Waals surface area contributed by atoms with Gasteiger partial charge in [0.05, 0.1) is 0 Å². The number of rotatable bonds is 1. The van der Waals surface area contributed by atoms with Crippen LogP contribution in [0.15, 0.2) is 18.2 Å². The molecule has 0 saturated heterocycles. The van der Waals surface area contributed by atoms with E-state index in [2.05, 4.69) is 18.2 Å². The molecule has 82 valence electrons. The van der Waals surface area contributed by atoms with Crippen molar-refractivity contribution in [3.05, 3.63) is 34.3 Å². The summed E-state index contributed by atoms with van der Waals surface area (Å²) in [6, 6.07) is 6.68. The zero-order valence-corrected chi connectivity index (χ0v) is 9.93. The Morgan fingerprint density at radius 1 is 1.27 bits per heavy atom. The Balaban J connectivity index is 2.24. The molecule has 0 amide bonds. The molecule has 2 unspecified atom stereocenters. The maximum Gasteiger partial charge on any atom is 0.0438 e. The molecular formula is C13H18ClN. The Bertz CT molecular complexity index is 348. The van der Waals surface area contributed by atoms with Gasteiger partial charge >= 0.3 is 0 Å². The average Bonchev–Trinajstić information content (AvgIpc) is 2.23. The number of benzene rings is 1. The SMILES string of the molecule is Cc1ccc(C2CCCCC2N)cc1Cl. The van der Waals surface area contributed by atoms with E-state index >= 15 is 0 Å².